The molecule has 1 saturated heterocycles. The lowest BCUT2D eigenvalue weighted by atomic mass is 9.92. The number of likely N-dealkylation sites (tertiary alicyclic amines) is 1. The molecule has 1 aromatic rings. The molecule has 0 saturated carbocycles. The summed E-state index contributed by atoms with van der Waals surface area (Å²) < 4.78 is 1.89. The van der Waals surface area contributed by atoms with Gasteiger partial charge >= 0.3 is 0 Å². The predicted octanol–water partition coefficient (Wildman–Crippen LogP) is 2.71. The normalized spacial score (nSPS) is 23.5. The minimum Gasteiger partial charge on any atom is -0.348 e. The van der Waals surface area contributed by atoms with Crippen molar-refractivity contribution in [2.75, 3.05) is 18.4 Å². The van der Waals surface area contributed by atoms with Crippen LogP contribution in [-0.4, -0.2) is 32.9 Å². The SMILES string of the molecule is Cc1nn(C)c(C)c1NC(=S)N1C[C@@H](C)C[C@H](C)C1. The van der Waals surface area contributed by atoms with Gasteiger partial charge in [0, 0.05) is 20.1 Å². The summed E-state index contributed by atoms with van der Waals surface area (Å²) in [6, 6.07) is 0. The highest BCUT2D eigenvalue weighted by Crippen LogP contribution is 2.23. The molecule has 1 aliphatic rings. The number of aryl methyl sites for hydroxylation is 2. The number of piperidine rings is 1. The van der Waals surface area contributed by atoms with Crippen molar-refractivity contribution in [3.05, 3.63) is 11.4 Å². The van der Waals surface area contributed by atoms with Crippen molar-refractivity contribution >= 4 is 23.0 Å². The molecule has 0 unspecified atom stereocenters. The largest absolute Gasteiger partial charge is 0.348 e. The molecule has 106 valence electrons. The summed E-state index contributed by atoms with van der Waals surface area (Å²) in [5, 5.41) is 8.63. The Kier molecular flexibility index (Phi) is 4.13. The Morgan fingerprint density at radius 2 is 1.84 bits per heavy atom. The number of aromatic nitrogens is 2. The molecule has 1 fully saturated rings. The van der Waals surface area contributed by atoms with Crippen LogP contribution in [0, 0.1) is 25.7 Å². The molecular weight excluding hydrogens is 256 g/mol. The molecule has 2 atom stereocenters. The van der Waals surface area contributed by atoms with Gasteiger partial charge in [-0.3, -0.25) is 4.68 Å². The van der Waals surface area contributed by atoms with Gasteiger partial charge in [-0.15, -0.1) is 0 Å². The van der Waals surface area contributed by atoms with Crippen LogP contribution < -0.4 is 5.32 Å². The van der Waals surface area contributed by atoms with Gasteiger partial charge in [-0.25, -0.2) is 0 Å². The van der Waals surface area contributed by atoms with E-state index in [1.165, 1.54) is 6.42 Å². The zero-order valence-corrected chi connectivity index (χ0v) is 13.3. The van der Waals surface area contributed by atoms with Gasteiger partial charge in [0.15, 0.2) is 5.11 Å². The highest BCUT2D eigenvalue weighted by atomic mass is 32.1. The van der Waals surface area contributed by atoms with Crippen LogP contribution in [0.5, 0.6) is 0 Å². The first-order chi connectivity index (χ1) is 8.88. The lowest BCUT2D eigenvalue weighted by Gasteiger charge is -2.36. The molecule has 0 radical (unpaired) electrons. The first-order valence-electron chi connectivity index (χ1n) is 6.94. The number of rotatable bonds is 1. The maximum Gasteiger partial charge on any atom is 0.173 e. The molecular formula is C14H24N4S. The minimum absolute atomic E-state index is 0.708. The summed E-state index contributed by atoms with van der Waals surface area (Å²) >= 11 is 5.57. The van der Waals surface area contributed by atoms with E-state index in [4.69, 9.17) is 12.2 Å². The average Bonchev–Trinajstić information content (AvgIpc) is 2.54. The molecule has 1 N–H and O–H groups in total. The van der Waals surface area contributed by atoms with Crippen LogP contribution in [0.2, 0.25) is 0 Å². The van der Waals surface area contributed by atoms with E-state index in [0.29, 0.717) is 11.8 Å². The van der Waals surface area contributed by atoms with Crippen LogP contribution in [0.1, 0.15) is 31.7 Å². The molecule has 1 aliphatic heterocycles. The smallest absolute Gasteiger partial charge is 0.173 e. The van der Waals surface area contributed by atoms with Crippen LogP contribution in [0.25, 0.3) is 0 Å². The van der Waals surface area contributed by atoms with Crippen molar-refractivity contribution in [3.63, 3.8) is 0 Å². The third kappa shape index (κ3) is 3.08. The van der Waals surface area contributed by atoms with Crippen LogP contribution in [-0.2, 0) is 7.05 Å². The Labute approximate surface area is 121 Å². The van der Waals surface area contributed by atoms with Crippen molar-refractivity contribution in [3.8, 4) is 0 Å². The van der Waals surface area contributed by atoms with Gasteiger partial charge in [0.2, 0.25) is 0 Å². The number of hydrogen-bond acceptors (Lipinski definition) is 2. The number of hydrogen-bond donors (Lipinski definition) is 1. The van der Waals surface area contributed by atoms with Crippen molar-refractivity contribution in [2.45, 2.75) is 34.1 Å². The van der Waals surface area contributed by atoms with Crippen molar-refractivity contribution in [1.29, 1.82) is 0 Å². The summed E-state index contributed by atoms with van der Waals surface area (Å²) in [5.41, 5.74) is 3.18. The summed E-state index contributed by atoms with van der Waals surface area (Å²) in [7, 11) is 1.96. The summed E-state index contributed by atoms with van der Waals surface area (Å²) in [6.45, 7) is 10.8. The van der Waals surface area contributed by atoms with Gasteiger partial charge in [-0.05, 0) is 44.3 Å². The van der Waals surface area contributed by atoms with E-state index in [0.717, 1.165) is 35.3 Å². The van der Waals surface area contributed by atoms with Crippen LogP contribution >= 0.6 is 12.2 Å². The van der Waals surface area contributed by atoms with E-state index >= 15 is 0 Å². The molecule has 2 rings (SSSR count). The van der Waals surface area contributed by atoms with Crippen LogP contribution in [0.3, 0.4) is 0 Å². The third-order valence-corrected chi connectivity index (χ3v) is 4.26. The molecule has 0 aromatic carbocycles. The second-order valence-electron chi connectivity index (χ2n) is 5.95. The van der Waals surface area contributed by atoms with Gasteiger partial charge in [0.1, 0.15) is 0 Å². The topological polar surface area (TPSA) is 33.1 Å². The second-order valence-corrected chi connectivity index (χ2v) is 6.34. The van der Waals surface area contributed by atoms with Crippen molar-refractivity contribution in [1.82, 2.24) is 14.7 Å². The van der Waals surface area contributed by atoms with Gasteiger partial charge in [-0.2, -0.15) is 5.10 Å². The number of nitrogens with zero attached hydrogens (tertiary/aromatic N) is 3. The molecule has 5 heteroatoms. The summed E-state index contributed by atoms with van der Waals surface area (Å²) in [4.78, 5) is 2.29. The van der Waals surface area contributed by atoms with E-state index in [2.05, 4.69) is 36.1 Å². The van der Waals surface area contributed by atoms with Gasteiger partial charge < -0.3 is 10.2 Å². The fourth-order valence-electron chi connectivity index (χ4n) is 2.97. The Morgan fingerprint density at radius 3 is 2.32 bits per heavy atom. The fraction of sp³-hybridized carbons (Fsp3) is 0.714. The monoisotopic (exact) mass is 280 g/mol. The lowest BCUT2D eigenvalue weighted by Crippen LogP contribution is -2.44. The molecule has 0 amide bonds. The number of anilines is 1. The lowest BCUT2D eigenvalue weighted by molar-refractivity contribution is 0.216. The summed E-state index contributed by atoms with van der Waals surface area (Å²) in [6.07, 6.45) is 1.30. The van der Waals surface area contributed by atoms with E-state index in [1.807, 2.05) is 18.7 Å². The zero-order valence-electron chi connectivity index (χ0n) is 12.5. The zero-order chi connectivity index (χ0) is 14.2. The van der Waals surface area contributed by atoms with Crippen molar-refractivity contribution in [2.24, 2.45) is 18.9 Å². The Bertz CT molecular complexity index is 470. The molecule has 4 nitrogen and oxygen atoms in total. The highest BCUT2D eigenvalue weighted by Gasteiger charge is 2.24. The predicted molar refractivity (Wildman–Crippen MR) is 83.4 cm³/mol. The molecule has 2 heterocycles. The molecule has 1 aromatic heterocycles. The third-order valence-electron chi connectivity index (χ3n) is 3.90. The Balaban J connectivity index is 2.08. The van der Waals surface area contributed by atoms with E-state index < -0.39 is 0 Å². The molecule has 0 bridgehead atoms. The van der Waals surface area contributed by atoms with E-state index in [-0.39, 0.29) is 0 Å². The summed E-state index contributed by atoms with van der Waals surface area (Å²) in [5.74, 6) is 1.42. The maximum absolute atomic E-state index is 5.57. The number of thiocarbonyl (C=S) groups is 1. The second kappa shape index (κ2) is 5.49. The van der Waals surface area contributed by atoms with Crippen LogP contribution in [0.15, 0.2) is 0 Å². The van der Waals surface area contributed by atoms with E-state index in [9.17, 15) is 0 Å². The standard InChI is InChI=1S/C14H24N4S/c1-9-6-10(2)8-18(7-9)14(19)15-13-11(3)16-17(5)12(13)4/h9-10H,6-8H2,1-5H3,(H,15,19)/t9-,10-/m0/s1. The Hall–Kier alpha value is -1.10. The molecule has 19 heavy (non-hydrogen) atoms. The first kappa shape index (κ1) is 14.3. The van der Waals surface area contributed by atoms with Gasteiger partial charge in [-0.1, -0.05) is 13.8 Å². The highest BCUT2D eigenvalue weighted by molar-refractivity contribution is 7.80. The Morgan fingerprint density at radius 1 is 1.26 bits per heavy atom. The van der Waals surface area contributed by atoms with Crippen LogP contribution in [0.4, 0.5) is 5.69 Å². The molecule has 0 aliphatic carbocycles. The number of nitrogens with one attached hydrogen (secondary N) is 1. The van der Waals surface area contributed by atoms with E-state index in [1.54, 1.807) is 0 Å². The van der Waals surface area contributed by atoms with Gasteiger partial charge in [0.05, 0.1) is 17.1 Å². The quantitative estimate of drug-likeness (QED) is 0.802. The first-order valence-corrected chi connectivity index (χ1v) is 7.35. The average molecular weight is 280 g/mol. The van der Waals surface area contributed by atoms with Gasteiger partial charge in [0.25, 0.3) is 0 Å². The molecule has 0 spiro atoms. The van der Waals surface area contributed by atoms with Crippen molar-refractivity contribution < 1.29 is 0 Å². The maximum atomic E-state index is 5.57. The minimum atomic E-state index is 0.708. The fourth-order valence-corrected chi connectivity index (χ4v) is 3.22.